The Balaban J connectivity index is 2.13. The van der Waals surface area contributed by atoms with Crippen LogP contribution in [0.25, 0.3) is 0 Å². The number of carbonyl (C=O) groups excluding carboxylic acids is 2. The van der Waals surface area contributed by atoms with E-state index >= 15 is 0 Å². The Bertz CT molecular complexity index is 989. The van der Waals surface area contributed by atoms with E-state index in [9.17, 15) is 19.7 Å². The highest BCUT2D eigenvalue weighted by Gasteiger charge is 2.28. The van der Waals surface area contributed by atoms with Gasteiger partial charge in [0.25, 0.3) is 5.69 Å². The maximum atomic E-state index is 13.3. The Morgan fingerprint density at radius 2 is 1.85 bits per heavy atom. The fourth-order valence-corrected chi connectivity index (χ4v) is 4.65. The zero-order valence-electron chi connectivity index (χ0n) is 19.3. The van der Waals surface area contributed by atoms with Crippen molar-refractivity contribution in [2.75, 3.05) is 12.3 Å². The molecule has 10 heteroatoms. The highest BCUT2D eigenvalue weighted by atomic mass is 35.5. The Kier molecular flexibility index (Phi) is 11.7. The van der Waals surface area contributed by atoms with E-state index in [-0.39, 0.29) is 29.8 Å². The predicted octanol–water partition coefficient (Wildman–Crippen LogP) is 5.86. The van der Waals surface area contributed by atoms with E-state index in [1.807, 2.05) is 13.8 Å². The first kappa shape index (κ1) is 28.0. The van der Waals surface area contributed by atoms with Gasteiger partial charge in [0.15, 0.2) is 0 Å². The molecule has 0 aromatic heterocycles. The van der Waals surface area contributed by atoms with Crippen LogP contribution in [0.3, 0.4) is 0 Å². The van der Waals surface area contributed by atoms with Crippen LogP contribution in [0.4, 0.5) is 5.69 Å². The van der Waals surface area contributed by atoms with Gasteiger partial charge < -0.3 is 10.2 Å². The molecule has 2 aromatic carbocycles. The summed E-state index contributed by atoms with van der Waals surface area (Å²) in [4.78, 5) is 38.1. The smallest absolute Gasteiger partial charge is 0.269 e. The fourth-order valence-electron chi connectivity index (χ4n) is 3.31. The standard InChI is InChI=1S/C24H29Cl2N3O4S/c1-3-5-12-27-24(31)22(4-2)28(14-18-8-9-19(25)13-21(18)26)23(30)16-34-15-17-6-10-20(11-7-17)29(32)33/h6-11,13,22H,3-5,12,14-16H2,1-2H3,(H,27,31). The summed E-state index contributed by atoms with van der Waals surface area (Å²) in [7, 11) is 0. The highest BCUT2D eigenvalue weighted by Crippen LogP contribution is 2.25. The number of halogens is 2. The normalized spacial score (nSPS) is 11.6. The highest BCUT2D eigenvalue weighted by molar-refractivity contribution is 7.99. The minimum Gasteiger partial charge on any atom is -0.354 e. The molecule has 2 amide bonds. The summed E-state index contributed by atoms with van der Waals surface area (Å²) >= 11 is 13.8. The Labute approximate surface area is 214 Å². The Hall–Kier alpha value is -2.29. The molecular formula is C24H29Cl2N3O4S. The molecule has 0 radical (unpaired) electrons. The fraction of sp³-hybridized carbons (Fsp3) is 0.417. The van der Waals surface area contributed by atoms with Gasteiger partial charge in [-0.15, -0.1) is 11.8 Å². The van der Waals surface area contributed by atoms with Gasteiger partial charge in [0.05, 0.1) is 10.7 Å². The summed E-state index contributed by atoms with van der Waals surface area (Å²) in [6, 6.07) is 10.7. The Morgan fingerprint density at radius 1 is 1.15 bits per heavy atom. The molecule has 0 bridgehead atoms. The zero-order valence-corrected chi connectivity index (χ0v) is 21.6. The second kappa shape index (κ2) is 14.2. The Morgan fingerprint density at radius 3 is 2.44 bits per heavy atom. The van der Waals surface area contributed by atoms with Crippen molar-refractivity contribution in [1.29, 1.82) is 0 Å². The number of carbonyl (C=O) groups is 2. The summed E-state index contributed by atoms with van der Waals surface area (Å²) in [5.74, 6) is 0.296. The van der Waals surface area contributed by atoms with Gasteiger partial charge in [-0.2, -0.15) is 0 Å². The molecule has 0 spiro atoms. The monoisotopic (exact) mass is 525 g/mol. The van der Waals surface area contributed by atoms with Crippen LogP contribution in [0.5, 0.6) is 0 Å². The van der Waals surface area contributed by atoms with E-state index in [4.69, 9.17) is 23.2 Å². The van der Waals surface area contributed by atoms with E-state index in [1.54, 1.807) is 35.2 Å². The van der Waals surface area contributed by atoms with Gasteiger partial charge in [0, 0.05) is 41.0 Å². The summed E-state index contributed by atoms with van der Waals surface area (Å²) in [6.45, 7) is 4.67. The van der Waals surface area contributed by atoms with Crippen molar-refractivity contribution >= 4 is 52.5 Å². The van der Waals surface area contributed by atoms with Gasteiger partial charge in [-0.05, 0) is 36.1 Å². The molecule has 2 aromatic rings. The van der Waals surface area contributed by atoms with Crippen LogP contribution in [-0.2, 0) is 21.9 Å². The molecule has 0 heterocycles. The number of rotatable bonds is 13. The van der Waals surface area contributed by atoms with Crippen LogP contribution >= 0.6 is 35.0 Å². The van der Waals surface area contributed by atoms with Crippen LogP contribution in [0.2, 0.25) is 10.0 Å². The van der Waals surface area contributed by atoms with Crippen molar-refractivity contribution < 1.29 is 14.5 Å². The van der Waals surface area contributed by atoms with E-state index in [2.05, 4.69) is 5.32 Å². The predicted molar refractivity (Wildman–Crippen MR) is 138 cm³/mol. The second-order valence-corrected chi connectivity index (χ2v) is 9.57. The molecular weight excluding hydrogens is 497 g/mol. The zero-order chi connectivity index (χ0) is 25.1. The molecule has 184 valence electrons. The lowest BCUT2D eigenvalue weighted by Gasteiger charge is -2.31. The van der Waals surface area contributed by atoms with Gasteiger partial charge in [-0.1, -0.05) is 61.7 Å². The summed E-state index contributed by atoms with van der Waals surface area (Å²) in [5, 5.41) is 14.7. The third kappa shape index (κ3) is 8.49. The molecule has 34 heavy (non-hydrogen) atoms. The lowest BCUT2D eigenvalue weighted by Crippen LogP contribution is -2.49. The molecule has 0 saturated heterocycles. The van der Waals surface area contributed by atoms with Crippen LogP contribution in [0.15, 0.2) is 42.5 Å². The molecule has 1 atom stereocenters. The van der Waals surface area contributed by atoms with E-state index in [1.165, 1.54) is 23.9 Å². The SMILES string of the molecule is CCCCNC(=O)C(CC)N(Cc1ccc(Cl)cc1Cl)C(=O)CSCc1ccc([N+](=O)[O-])cc1. The lowest BCUT2D eigenvalue weighted by molar-refractivity contribution is -0.384. The molecule has 0 aliphatic rings. The van der Waals surface area contributed by atoms with Gasteiger partial charge in [0.2, 0.25) is 11.8 Å². The van der Waals surface area contributed by atoms with Crippen LogP contribution < -0.4 is 5.32 Å². The van der Waals surface area contributed by atoms with E-state index in [0.717, 1.165) is 18.4 Å². The minimum absolute atomic E-state index is 0.0238. The van der Waals surface area contributed by atoms with Gasteiger partial charge in [0.1, 0.15) is 6.04 Å². The van der Waals surface area contributed by atoms with Crippen molar-refractivity contribution in [2.24, 2.45) is 0 Å². The number of non-ortho nitro benzene ring substituents is 1. The molecule has 0 fully saturated rings. The summed E-state index contributed by atoms with van der Waals surface area (Å²) < 4.78 is 0. The average molecular weight is 526 g/mol. The number of benzene rings is 2. The van der Waals surface area contributed by atoms with Crippen molar-refractivity contribution in [3.63, 3.8) is 0 Å². The molecule has 7 nitrogen and oxygen atoms in total. The molecule has 0 saturated carbocycles. The number of nitro groups is 1. The maximum absolute atomic E-state index is 13.3. The quantitative estimate of drug-likeness (QED) is 0.201. The van der Waals surface area contributed by atoms with Gasteiger partial charge >= 0.3 is 0 Å². The van der Waals surface area contributed by atoms with Crippen molar-refractivity contribution in [1.82, 2.24) is 10.2 Å². The second-order valence-electron chi connectivity index (χ2n) is 7.74. The van der Waals surface area contributed by atoms with Gasteiger partial charge in [-0.25, -0.2) is 0 Å². The molecule has 1 unspecified atom stereocenters. The number of nitrogens with one attached hydrogen (secondary N) is 1. The number of thioether (sulfide) groups is 1. The number of amides is 2. The van der Waals surface area contributed by atoms with E-state index < -0.39 is 11.0 Å². The minimum atomic E-state index is -0.629. The first-order chi connectivity index (χ1) is 16.3. The summed E-state index contributed by atoms with van der Waals surface area (Å²) in [5.41, 5.74) is 1.61. The van der Waals surface area contributed by atoms with Crippen molar-refractivity contribution in [3.05, 3.63) is 73.8 Å². The largest absolute Gasteiger partial charge is 0.354 e. The number of unbranched alkanes of at least 4 members (excludes halogenated alkanes) is 1. The van der Waals surface area contributed by atoms with Gasteiger partial charge in [-0.3, -0.25) is 19.7 Å². The first-order valence-electron chi connectivity index (χ1n) is 11.1. The molecule has 0 aliphatic carbocycles. The number of nitrogens with zero attached hydrogens (tertiary/aromatic N) is 2. The van der Waals surface area contributed by atoms with Crippen molar-refractivity contribution in [2.45, 2.75) is 51.4 Å². The number of nitro benzene ring substituents is 1. The van der Waals surface area contributed by atoms with Crippen LogP contribution in [0.1, 0.15) is 44.2 Å². The topological polar surface area (TPSA) is 92.6 Å². The van der Waals surface area contributed by atoms with Crippen LogP contribution in [-0.4, -0.2) is 40.0 Å². The lowest BCUT2D eigenvalue weighted by atomic mass is 10.1. The third-order valence-electron chi connectivity index (χ3n) is 5.21. The maximum Gasteiger partial charge on any atom is 0.269 e. The number of hydrogen-bond acceptors (Lipinski definition) is 5. The van der Waals surface area contributed by atoms with Crippen LogP contribution in [0, 0.1) is 10.1 Å². The van der Waals surface area contributed by atoms with Crippen molar-refractivity contribution in [3.8, 4) is 0 Å². The third-order valence-corrected chi connectivity index (χ3v) is 6.79. The average Bonchev–Trinajstić information content (AvgIpc) is 2.80. The molecule has 1 N–H and O–H groups in total. The first-order valence-corrected chi connectivity index (χ1v) is 13.0. The molecule has 0 aliphatic heterocycles. The number of hydrogen-bond donors (Lipinski definition) is 1. The summed E-state index contributed by atoms with van der Waals surface area (Å²) in [6.07, 6.45) is 2.28. The molecule has 2 rings (SSSR count). The van der Waals surface area contributed by atoms with E-state index in [0.29, 0.717) is 34.3 Å².